The molecule has 0 aliphatic carbocycles. The summed E-state index contributed by atoms with van der Waals surface area (Å²) in [5.41, 5.74) is 2.61. The van der Waals surface area contributed by atoms with Gasteiger partial charge in [-0.15, -0.1) is 5.10 Å². The number of nitrogens with zero attached hydrogens (tertiary/aromatic N) is 5. The SMILES string of the molecule is Cc1cc(NC(=O)CCn2nnnc2C)ccc1N1CCCC1=O. The monoisotopic (exact) mass is 328 g/mol. The second kappa shape index (κ2) is 6.77. The van der Waals surface area contributed by atoms with Gasteiger partial charge in [-0.3, -0.25) is 9.59 Å². The number of carbonyl (C=O) groups excluding carboxylic acids is 2. The molecule has 0 atom stereocenters. The topological polar surface area (TPSA) is 93.0 Å². The van der Waals surface area contributed by atoms with Crippen LogP contribution < -0.4 is 10.2 Å². The fourth-order valence-corrected chi connectivity index (χ4v) is 2.83. The first kappa shape index (κ1) is 16.1. The Kier molecular flexibility index (Phi) is 4.54. The molecule has 1 saturated heterocycles. The van der Waals surface area contributed by atoms with Crippen LogP contribution >= 0.6 is 0 Å². The fraction of sp³-hybridized carbons (Fsp3) is 0.438. The molecule has 3 rings (SSSR count). The van der Waals surface area contributed by atoms with Gasteiger partial charge in [0.25, 0.3) is 0 Å². The lowest BCUT2D eigenvalue weighted by molar-refractivity contribution is -0.117. The van der Waals surface area contributed by atoms with Crippen molar-refractivity contribution in [3.63, 3.8) is 0 Å². The molecule has 1 N–H and O–H groups in total. The van der Waals surface area contributed by atoms with Crippen LogP contribution in [0.15, 0.2) is 18.2 Å². The third-order valence-corrected chi connectivity index (χ3v) is 4.11. The predicted molar refractivity (Wildman–Crippen MR) is 88.6 cm³/mol. The molecular formula is C16H20N6O2. The first-order chi connectivity index (χ1) is 11.5. The highest BCUT2D eigenvalue weighted by molar-refractivity contribution is 5.97. The van der Waals surface area contributed by atoms with E-state index >= 15 is 0 Å². The van der Waals surface area contributed by atoms with Gasteiger partial charge in [0.15, 0.2) is 0 Å². The van der Waals surface area contributed by atoms with Gasteiger partial charge in [-0.2, -0.15) is 0 Å². The molecule has 1 fully saturated rings. The highest BCUT2D eigenvalue weighted by Crippen LogP contribution is 2.27. The van der Waals surface area contributed by atoms with Crippen LogP contribution in [0.2, 0.25) is 0 Å². The van der Waals surface area contributed by atoms with Crippen molar-refractivity contribution in [1.82, 2.24) is 20.2 Å². The molecule has 1 aliphatic rings. The van der Waals surface area contributed by atoms with E-state index in [1.807, 2.05) is 25.1 Å². The molecule has 8 heteroatoms. The molecule has 1 aromatic carbocycles. The maximum atomic E-state index is 12.1. The van der Waals surface area contributed by atoms with E-state index in [2.05, 4.69) is 20.8 Å². The van der Waals surface area contributed by atoms with Gasteiger partial charge < -0.3 is 10.2 Å². The van der Waals surface area contributed by atoms with Gasteiger partial charge in [-0.05, 0) is 54.5 Å². The molecule has 0 bridgehead atoms. The quantitative estimate of drug-likeness (QED) is 0.896. The number of hydrogen-bond donors (Lipinski definition) is 1. The molecule has 2 heterocycles. The van der Waals surface area contributed by atoms with Crippen molar-refractivity contribution in [3.8, 4) is 0 Å². The molecule has 1 aliphatic heterocycles. The number of benzene rings is 1. The van der Waals surface area contributed by atoms with Gasteiger partial charge in [0, 0.05) is 30.8 Å². The summed E-state index contributed by atoms with van der Waals surface area (Å²) in [6.07, 6.45) is 1.79. The second-order valence-corrected chi connectivity index (χ2v) is 5.90. The summed E-state index contributed by atoms with van der Waals surface area (Å²) in [7, 11) is 0. The largest absolute Gasteiger partial charge is 0.326 e. The minimum Gasteiger partial charge on any atom is -0.326 e. The highest BCUT2D eigenvalue weighted by Gasteiger charge is 2.23. The summed E-state index contributed by atoms with van der Waals surface area (Å²) in [4.78, 5) is 25.7. The van der Waals surface area contributed by atoms with Crippen LogP contribution in [-0.4, -0.2) is 38.6 Å². The predicted octanol–water partition coefficient (Wildman–Crippen LogP) is 1.45. The summed E-state index contributed by atoms with van der Waals surface area (Å²) in [6.45, 7) is 4.93. The van der Waals surface area contributed by atoms with Crippen LogP contribution in [0, 0.1) is 13.8 Å². The van der Waals surface area contributed by atoms with Crippen LogP contribution in [0.25, 0.3) is 0 Å². The third kappa shape index (κ3) is 3.42. The van der Waals surface area contributed by atoms with Crippen molar-refractivity contribution < 1.29 is 9.59 Å². The van der Waals surface area contributed by atoms with E-state index in [0.717, 1.165) is 29.9 Å². The molecule has 0 radical (unpaired) electrons. The number of hydrogen-bond acceptors (Lipinski definition) is 5. The van der Waals surface area contributed by atoms with Crippen LogP contribution in [0.1, 0.15) is 30.7 Å². The molecule has 0 saturated carbocycles. The number of carbonyl (C=O) groups is 2. The van der Waals surface area contributed by atoms with Gasteiger partial charge >= 0.3 is 0 Å². The lowest BCUT2D eigenvalue weighted by Gasteiger charge is -2.19. The molecule has 2 amide bonds. The minimum absolute atomic E-state index is 0.103. The summed E-state index contributed by atoms with van der Waals surface area (Å²) >= 11 is 0. The molecule has 24 heavy (non-hydrogen) atoms. The van der Waals surface area contributed by atoms with E-state index in [4.69, 9.17) is 0 Å². The van der Waals surface area contributed by atoms with E-state index in [1.54, 1.807) is 16.5 Å². The van der Waals surface area contributed by atoms with Crippen molar-refractivity contribution >= 4 is 23.2 Å². The second-order valence-electron chi connectivity index (χ2n) is 5.90. The Morgan fingerprint density at radius 2 is 2.17 bits per heavy atom. The molecule has 2 aromatic rings. The Hall–Kier alpha value is -2.77. The zero-order chi connectivity index (χ0) is 17.1. The van der Waals surface area contributed by atoms with E-state index in [9.17, 15) is 9.59 Å². The summed E-state index contributed by atoms with van der Waals surface area (Å²) in [6, 6.07) is 5.61. The zero-order valence-corrected chi connectivity index (χ0v) is 13.8. The first-order valence-electron chi connectivity index (χ1n) is 7.98. The number of amides is 2. The van der Waals surface area contributed by atoms with E-state index in [1.165, 1.54) is 0 Å². The van der Waals surface area contributed by atoms with E-state index < -0.39 is 0 Å². The summed E-state index contributed by atoms with van der Waals surface area (Å²) < 4.78 is 1.59. The molecule has 0 unspecified atom stereocenters. The van der Waals surface area contributed by atoms with Crippen LogP contribution in [0.3, 0.4) is 0 Å². The maximum Gasteiger partial charge on any atom is 0.227 e. The Balaban J connectivity index is 1.61. The summed E-state index contributed by atoms with van der Waals surface area (Å²) in [5, 5.41) is 14.0. The molecule has 0 spiro atoms. The highest BCUT2D eigenvalue weighted by atomic mass is 16.2. The third-order valence-electron chi connectivity index (χ3n) is 4.11. The van der Waals surface area contributed by atoms with Crippen molar-refractivity contribution in [2.45, 2.75) is 39.7 Å². The first-order valence-corrected chi connectivity index (χ1v) is 7.98. The van der Waals surface area contributed by atoms with Crippen molar-refractivity contribution in [1.29, 1.82) is 0 Å². The lowest BCUT2D eigenvalue weighted by atomic mass is 10.1. The number of anilines is 2. The standard InChI is InChI=1S/C16H20N6O2/c1-11-10-13(5-6-14(11)21-8-3-4-16(21)24)17-15(23)7-9-22-12(2)18-19-20-22/h5-6,10H,3-4,7-9H2,1-2H3,(H,17,23). The van der Waals surface area contributed by atoms with Crippen molar-refractivity contribution in [2.75, 3.05) is 16.8 Å². The van der Waals surface area contributed by atoms with Crippen molar-refractivity contribution in [3.05, 3.63) is 29.6 Å². The summed E-state index contributed by atoms with van der Waals surface area (Å²) in [5.74, 6) is 0.735. The van der Waals surface area contributed by atoms with Gasteiger partial charge in [-0.1, -0.05) is 0 Å². The van der Waals surface area contributed by atoms with Crippen LogP contribution in [0.5, 0.6) is 0 Å². The van der Waals surface area contributed by atoms with Crippen LogP contribution in [-0.2, 0) is 16.1 Å². The Morgan fingerprint density at radius 1 is 1.33 bits per heavy atom. The van der Waals surface area contributed by atoms with Gasteiger partial charge in [-0.25, -0.2) is 4.68 Å². The van der Waals surface area contributed by atoms with Crippen molar-refractivity contribution in [2.24, 2.45) is 0 Å². The molecule has 126 valence electrons. The Morgan fingerprint density at radius 3 is 2.79 bits per heavy atom. The number of nitrogens with one attached hydrogen (secondary N) is 1. The molecule has 8 nitrogen and oxygen atoms in total. The number of aryl methyl sites for hydroxylation is 3. The van der Waals surface area contributed by atoms with Gasteiger partial charge in [0.2, 0.25) is 11.8 Å². The Bertz CT molecular complexity index is 770. The molecular weight excluding hydrogens is 308 g/mol. The van der Waals surface area contributed by atoms with E-state index in [0.29, 0.717) is 18.8 Å². The Labute approximate surface area is 139 Å². The zero-order valence-electron chi connectivity index (χ0n) is 13.8. The van der Waals surface area contributed by atoms with Gasteiger partial charge in [0.05, 0.1) is 6.54 Å². The number of rotatable bonds is 5. The van der Waals surface area contributed by atoms with Crippen LogP contribution in [0.4, 0.5) is 11.4 Å². The van der Waals surface area contributed by atoms with Gasteiger partial charge in [0.1, 0.15) is 5.82 Å². The fourth-order valence-electron chi connectivity index (χ4n) is 2.83. The average molecular weight is 328 g/mol. The minimum atomic E-state index is -0.103. The maximum absolute atomic E-state index is 12.1. The van der Waals surface area contributed by atoms with E-state index in [-0.39, 0.29) is 18.2 Å². The lowest BCUT2D eigenvalue weighted by Crippen LogP contribution is -2.24. The number of tetrazole rings is 1. The number of aromatic nitrogens is 4. The normalized spacial score (nSPS) is 14.2. The smallest absolute Gasteiger partial charge is 0.227 e. The average Bonchev–Trinajstić information content (AvgIpc) is 3.14. The molecule has 1 aromatic heterocycles.